The second-order valence-corrected chi connectivity index (χ2v) is 5.17. The minimum atomic E-state index is 0.186. The molecule has 1 saturated heterocycles. The van der Waals surface area contributed by atoms with Gasteiger partial charge in [-0.25, -0.2) is 0 Å². The predicted molar refractivity (Wildman–Crippen MR) is 81.1 cm³/mol. The number of hydrogen-bond donors (Lipinski definition) is 1. The molecule has 2 rings (SSSR count). The van der Waals surface area contributed by atoms with E-state index in [2.05, 4.69) is 12.2 Å². The lowest BCUT2D eigenvalue weighted by molar-refractivity contribution is -0.128. The highest BCUT2D eigenvalue weighted by molar-refractivity contribution is 5.81. The Morgan fingerprint density at radius 2 is 1.95 bits per heavy atom. The van der Waals surface area contributed by atoms with Crippen molar-refractivity contribution in [2.45, 2.75) is 32.6 Å². The van der Waals surface area contributed by atoms with E-state index in [-0.39, 0.29) is 5.91 Å². The molecule has 110 valence electrons. The van der Waals surface area contributed by atoms with Gasteiger partial charge in [0.15, 0.2) is 0 Å². The van der Waals surface area contributed by atoms with Gasteiger partial charge in [-0.1, -0.05) is 13.3 Å². The smallest absolute Gasteiger partial charge is 0.241 e. The number of likely N-dealkylation sites (tertiary alicyclic amines) is 1. The molecule has 1 aliphatic rings. The summed E-state index contributed by atoms with van der Waals surface area (Å²) in [5, 5.41) is 3.17. The molecule has 0 atom stereocenters. The summed E-state index contributed by atoms with van der Waals surface area (Å²) in [5.74, 6) is 1.07. The van der Waals surface area contributed by atoms with Crippen molar-refractivity contribution in [3.05, 3.63) is 24.3 Å². The molecule has 4 heteroatoms. The summed E-state index contributed by atoms with van der Waals surface area (Å²) in [6.07, 6.45) is 4.48. The number of benzene rings is 1. The highest BCUT2D eigenvalue weighted by Gasteiger charge is 2.16. The first-order chi connectivity index (χ1) is 9.79. The van der Waals surface area contributed by atoms with E-state index in [1.54, 1.807) is 0 Å². The SMILES string of the molecule is CCCCOc1ccc(NCC(=O)N2CCCC2)cc1. The summed E-state index contributed by atoms with van der Waals surface area (Å²) in [7, 11) is 0. The predicted octanol–water partition coefficient (Wildman–Crippen LogP) is 2.90. The quantitative estimate of drug-likeness (QED) is 0.779. The molecule has 1 fully saturated rings. The Hall–Kier alpha value is -1.71. The van der Waals surface area contributed by atoms with Gasteiger partial charge in [0, 0.05) is 18.8 Å². The number of unbranched alkanes of at least 4 members (excludes halogenated alkanes) is 1. The molecule has 0 saturated carbocycles. The number of rotatable bonds is 7. The average Bonchev–Trinajstić information content (AvgIpc) is 3.01. The van der Waals surface area contributed by atoms with Gasteiger partial charge in [-0.05, 0) is 43.5 Å². The fourth-order valence-corrected chi connectivity index (χ4v) is 2.26. The van der Waals surface area contributed by atoms with Gasteiger partial charge < -0.3 is 15.0 Å². The third kappa shape index (κ3) is 4.44. The van der Waals surface area contributed by atoms with E-state index in [0.29, 0.717) is 6.54 Å². The van der Waals surface area contributed by atoms with Crippen LogP contribution in [0, 0.1) is 0 Å². The number of carbonyl (C=O) groups excluding carboxylic acids is 1. The molecule has 1 aromatic carbocycles. The van der Waals surface area contributed by atoms with Gasteiger partial charge in [0.2, 0.25) is 5.91 Å². The van der Waals surface area contributed by atoms with Crippen LogP contribution in [0.4, 0.5) is 5.69 Å². The standard InChI is InChI=1S/C16H24N2O2/c1-2-3-12-20-15-8-6-14(7-9-15)17-13-16(19)18-10-4-5-11-18/h6-9,17H,2-5,10-13H2,1H3. The van der Waals surface area contributed by atoms with Crippen molar-refractivity contribution in [2.75, 3.05) is 31.6 Å². The van der Waals surface area contributed by atoms with E-state index in [1.807, 2.05) is 29.2 Å². The van der Waals surface area contributed by atoms with Crippen LogP contribution in [0.2, 0.25) is 0 Å². The molecule has 0 radical (unpaired) electrons. The number of anilines is 1. The van der Waals surface area contributed by atoms with Crippen molar-refractivity contribution in [1.29, 1.82) is 0 Å². The van der Waals surface area contributed by atoms with Gasteiger partial charge in [-0.2, -0.15) is 0 Å². The molecule has 1 aliphatic heterocycles. The maximum absolute atomic E-state index is 11.9. The van der Waals surface area contributed by atoms with Crippen LogP contribution in [0.25, 0.3) is 0 Å². The molecule has 0 aromatic heterocycles. The van der Waals surface area contributed by atoms with E-state index < -0.39 is 0 Å². The zero-order valence-electron chi connectivity index (χ0n) is 12.2. The second kappa shape index (κ2) is 7.78. The van der Waals surface area contributed by atoms with Crippen molar-refractivity contribution in [3.63, 3.8) is 0 Å². The number of nitrogens with one attached hydrogen (secondary N) is 1. The molecular formula is C16H24N2O2. The second-order valence-electron chi connectivity index (χ2n) is 5.17. The minimum absolute atomic E-state index is 0.186. The van der Waals surface area contributed by atoms with Gasteiger partial charge in [0.1, 0.15) is 5.75 Å². The molecule has 0 spiro atoms. The van der Waals surface area contributed by atoms with Gasteiger partial charge in [0.05, 0.1) is 13.2 Å². The molecule has 0 unspecified atom stereocenters. The van der Waals surface area contributed by atoms with Crippen LogP contribution >= 0.6 is 0 Å². The normalized spacial score (nSPS) is 14.3. The molecule has 0 aliphatic carbocycles. The monoisotopic (exact) mass is 276 g/mol. The Morgan fingerprint density at radius 3 is 2.60 bits per heavy atom. The van der Waals surface area contributed by atoms with E-state index in [0.717, 1.165) is 56.8 Å². The zero-order chi connectivity index (χ0) is 14.2. The van der Waals surface area contributed by atoms with Crippen molar-refractivity contribution in [2.24, 2.45) is 0 Å². The third-order valence-corrected chi connectivity index (χ3v) is 3.52. The van der Waals surface area contributed by atoms with Crippen molar-refractivity contribution in [3.8, 4) is 5.75 Å². The highest BCUT2D eigenvalue weighted by Crippen LogP contribution is 2.16. The van der Waals surface area contributed by atoms with E-state index in [1.165, 1.54) is 0 Å². The van der Waals surface area contributed by atoms with Crippen LogP contribution in [0.5, 0.6) is 5.75 Å². The first-order valence-electron chi connectivity index (χ1n) is 7.54. The molecule has 1 heterocycles. The maximum atomic E-state index is 11.9. The first-order valence-corrected chi connectivity index (χ1v) is 7.54. The van der Waals surface area contributed by atoms with Gasteiger partial charge in [0.25, 0.3) is 0 Å². The minimum Gasteiger partial charge on any atom is -0.494 e. The summed E-state index contributed by atoms with van der Waals surface area (Å²) < 4.78 is 5.61. The van der Waals surface area contributed by atoms with Crippen molar-refractivity contribution < 1.29 is 9.53 Å². The lowest BCUT2D eigenvalue weighted by Crippen LogP contribution is -2.32. The largest absolute Gasteiger partial charge is 0.494 e. The van der Waals surface area contributed by atoms with Gasteiger partial charge in [-0.15, -0.1) is 0 Å². The topological polar surface area (TPSA) is 41.6 Å². The number of amides is 1. The summed E-state index contributed by atoms with van der Waals surface area (Å²) >= 11 is 0. The highest BCUT2D eigenvalue weighted by atomic mass is 16.5. The van der Waals surface area contributed by atoms with Crippen molar-refractivity contribution in [1.82, 2.24) is 4.90 Å². The van der Waals surface area contributed by atoms with E-state index in [4.69, 9.17) is 4.74 Å². The summed E-state index contributed by atoms with van der Waals surface area (Å²) in [6, 6.07) is 7.80. The number of hydrogen-bond acceptors (Lipinski definition) is 3. The van der Waals surface area contributed by atoms with Crippen LogP contribution in [0.3, 0.4) is 0 Å². The Balaban J connectivity index is 1.74. The molecule has 20 heavy (non-hydrogen) atoms. The first kappa shape index (κ1) is 14.7. The molecule has 1 aromatic rings. The molecular weight excluding hydrogens is 252 g/mol. The average molecular weight is 276 g/mol. The molecule has 1 N–H and O–H groups in total. The lowest BCUT2D eigenvalue weighted by Gasteiger charge is -2.16. The third-order valence-electron chi connectivity index (χ3n) is 3.52. The van der Waals surface area contributed by atoms with Gasteiger partial charge in [-0.3, -0.25) is 4.79 Å². The van der Waals surface area contributed by atoms with Crippen LogP contribution in [-0.2, 0) is 4.79 Å². The fourth-order valence-electron chi connectivity index (χ4n) is 2.26. The number of carbonyl (C=O) groups is 1. The lowest BCUT2D eigenvalue weighted by atomic mass is 10.3. The Kier molecular flexibility index (Phi) is 5.71. The zero-order valence-corrected chi connectivity index (χ0v) is 12.2. The molecule has 0 bridgehead atoms. The Bertz CT molecular complexity index is 411. The van der Waals surface area contributed by atoms with Crippen molar-refractivity contribution >= 4 is 11.6 Å². The summed E-state index contributed by atoms with van der Waals surface area (Å²) in [6.45, 7) is 5.09. The number of nitrogens with zero attached hydrogens (tertiary/aromatic N) is 1. The Morgan fingerprint density at radius 1 is 1.25 bits per heavy atom. The fraction of sp³-hybridized carbons (Fsp3) is 0.562. The maximum Gasteiger partial charge on any atom is 0.241 e. The van der Waals surface area contributed by atoms with Crippen LogP contribution in [0.15, 0.2) is 24.3 Å². The van der Waals surface area contributed by atoms with Crippen LogP contribution < -0.4 is 10.1 Å². The summed E-state index contributed by atoms with van der Waals surface area (Å²) in [4.78, 5) is 13.8. The summed E-state index contributed by atoms with van der Waals surface area (Å²) in [5.41, 5.74) is 0.959. The van der Waals surface area contributed by atoms with E-state index >= 15 is 0 Å². The van der Waals surface area contributed by atoms with Crippen LogP contribution in [-0.4, -0.2) is 37.0 Å². The van der Waals surface area contributed by atoms with Gasteiger partial charge >= 0.3 is 0 Å². The number of ether oxygens (including phenoxy) is 1. The van der Waals surface area contributed by atoms with E-state index in [9.17, 15) is 4.79 Å². The Labute approximate surface area is 121 Å². The van der Waals surface area contributed by atoms with Crippen LogP contribution in [0.1, 0.15) is 32.6 Å². The molecule has 1 amide bonds. The molecule has 4 nitrogen and oxygen atoms in total.